The molecule has 2 N–H and O–H groups in total. The van der Waals surface area contributed by atoms with Crippen LogP contribution in [0.4, 0.5) is 0 Å². The second-order valence-corrected chi connectivity index (χ2v) is 8.25. The Morgan fingerprint density at radius 1 is 1.19 bits per heavy atom. The van der Waals surface area contributed by atoms with E-state index in [9.17, 15) is 19.8 Å². The third-order valence-electron chi connectivity index (χ3n) is 5.24. The lowest BCUT2D eigenvalue weighted by Crippen LogP contribution is -2.32. The molecular weight excluding hydrogens is 432 g/mol. The van der Waals surface area contributed by atoms with Gasteiger partial charge in [0.25, 0.3) is 11.7 Å². The number of Topliss-reactive ketones (excluding diaryl/α,β-unsaturated/α-hetero) is 1. The van der Waals surface area contributed by atoms with Crippen molar-refractivity contribution in [3.05, 3.63) is 64.2 Å². The molecule has 0 aliphatic carbocycles. The first kappa shape index (κ1) is 23.6. The Bertz CT molecular complexity index is 1050. The van der Waals surface area contributed by atoms with Gasteiger partial charge in [0, 0.05) is 11.6 Å². The number of aliphatic hydroxyl groups is 1. The van der Waals surface area contributed by atoms with E-state index in [1.54, 1.807) is 24.3 Å². The van der Waals surface area contributed by atoms with E-state index in [4.69, 9.17) is 16.3 Å². The number of nitrogens with zero attached hydrogens (tertiary/aromatic N) is 2. The SMILES string of the molecule is CCOc1cccc(C2/C(=C(\O)c3cc(Cl)ccc3O)C(=O)C(=O)N2CCCN(C)C)c1. The molecule has 7 nitrogen and oxygen atoms in total. The van der Waals surface area contributed by atoms with Gasteiger partial charge >= 0.3 is 0 Å². The zero-order valence-corrected chi connectivity index (χ0v) is 19.1. The summed E-state index contributed by atoms with van der Waals surface area (Å²) in [5.41, 5.74) is 0.531. The predicted molar refractivity (Wildman–Crippen MR) is 123 cm³/mol. The number of carbonyl (C=O) groups is 2. The molecule has 1 unspecified atom stereocenters. The number of rotatable bonds is 8. The number of amides is 1. The van der Waals surface area contributed by atoms with Gasteiger partial charge in [0.1, 0.15) is 17.3 Å². The quantitative estimate of drug-likeness (QED) is 0.355. The van der Waals surface area contributed by atoms with Crippen LogP contribution in [0.2, 0.25) is 5.02 Å². The van der Waals surface area contributed by atoms with Gasteiger partial charge in [0.15, 0.2) is 0 Å². The molecule has 1 heterocycles. The molecule has 32 heavy (non-hydrogen) atoms. The summed E-state index contributed by atoms with van der Waals surface area (Å²) in [5.74, 6) is -1.62. The second-order valence-electron chi connectivity index (χ2n) is 7.82. The van der Waals surface area contributed by atoms with Gasteiger partial charge in [-0.2, -0.15) is 0 Å². The van der Waals surface area contributed by atoms with Crippen molar-refractivity contribution < 1.29 is 24.5 Å². The summed E-state index contributed by atoms with van der Waals surface area (Å²) < 4.78 is 5.59. The van der Waals surface area contributed by atoms with E-state index < -0.39 is 23.5 Å². The van der Waals surface area contributed by atoms with E-state index in [1.165, 1.54) is 23.1 Å². The van der Waals surface area contributed by atoms with Gasteiger partial charge in [-0.1, -0.05) is 23.7 Å². The summed E-state index contributed by atoms with van der Waals surface area (Å²) >= 11 is 6.04. The molecule has 0 spiro atoms. The molecule has 2 aromatic carbocycles. The lowest BCUT2D eigenvalue weighted by atomic mass is 9.95. The fourth-order valence-corrected chi connectivity index (χ4v) is 3.97. The average molecular weight is 459 g/mol. The van der Waals surface area contributed by atoms with Crippen LogP contribution in [0.5, 0.6) is 11.5 Å². The normalized spacial score (nSPS) is 17.9. The fourth-order valence-electron chi connectivity index (χ4n) is 3.80. The third-order valence-corrected chi connectivity index (χ3v) is 5.48. The molecule has 0 bridgehead atoms. The number of phenolic OH excluding ortho intramolecular Hbond substituents is 1. The molecule has 0 saturated carbocycles. The summed E-state index contributed by atoms with van der Waals surface area (Å²) in [5, 5.41) is 21.6. The van der Waals surface area contributed by atoms with Gasteiger partial charge < -0.3 is 24.7 Å². The van der Waals surface area contributed by atoms with Gasteiger partial charge in [0.05, 0.1) is 23.8 Å². The minimum atomic E-state index is -0.823. The molecule has 1 saturated heterocycles. The number of likely N-dealkylation sites (tertiary alicyclic amines) is 1. The molecule has 2 aromatic rings. The van der Waals surface area contributed by atoms with E-state index in [2.05, 4.69) is 0 Å². The van der Waals surface area contributed by atoms with Crippen LogP contribution in [0.3, 0.4) is 0 Å². The predicted octanol–water partition coefficient (Wildman–Crippen LogP) is 3.82. The summed E-state index contributed by atoms with van der Waals surface area (Å²) in [7, 11) is 3.86. The Morgan fingerprint density at radius 3 is 2.62 bits per heavy atom. The molecule has 0 radical (unpaired) electrons. The summed E-state index contributed by atoms with van der Waals surface area (Å²) in [6.07, 6.45) is 0.643. The van der Waals surface area contributed by atoms with E-state index in [0.717, 1.165) is 6.54 Å². The van der Waals surface area contributed by atoms with Crippen LogP contribution >= 0.6 is 11.6 Å². The number of benzene rings is 2. The Hall–Kier alpha value is -3.03. The number of carbonyl (C=O) groups excluding carboxylic acids is 2. The molecular formula is C24H27ClN2O5. The first-order valence-electron chi connectivity index (χ1n) is 10.4. The lowest BCUT2D eigenvalue weighted by Gasteiger charge is -2.26. The number of phenols is 1. The maximum atomic E-state index is 13.1. The summed E-state index contributed by atoms with van der Waals surface area (Å²) in [6.45, 7) is 3.37. The van der Waals surface area contributed by atoms with Gasteiger partial charge in [0.2, 0.25) is 0 Å². The molecule has 1 aliphatic rings. The first-order valence-corrected chi connectivity index (χ1v) is 10.8. The minimum absolute atomic E-state index is 0.00486. The lowest BCUT2D eigenvalue weighted by molar-refractivity contribution is -0.139. The topological polar surface area (TPSA) is 90.3 Å². The number of ether oxygens (including phenoxy) is 1. The van der Waals surface area contributed by atoms with Crippen molar-refractivity contribution >= 4 is 29.1 Å². The van der Waals surface area contributed by atoms with Crippen molar-refractivity contribution in [1.29, 1.82) is 0 Å². The number of hydrogen-bond acceptors (Lipinski definition) is 6. The average Bonchev–Trinajstić information content (AvgIpc) is 3.00. The number of hydrogen-bond donors (Lipinski definition) is 2. The van der Waals surface area contributed by atoms with Crippen molar-refractivity contribution in [2.24, 2.45) is 0 Å². The maximum absolute atomic E-state index is 13.1. The van der Waals surface area contributed by atoms with Crippen molar-refractivity contribution in [1.82, 2.24) is 9.80 Å². The van der Waals surface area contributed by atoms with Crippen molar-refractivity contribution in [2.45, 2.75) is 19.4 Å². The Kier molecular flexibility index (Phi) is 7.43. The highest BCUT2D eigenvalue weighted by Crippen LogP contribution is 2.41. The van der Waals surface area contributed by atoms with Crippen LogP contribution in [0.25, 0.3) is 5.76 Å². The van der Waals surface area contributed by atoms with Crippen LogP contribution in [-0.4, -0.2) is 65.5 Å². The smallest absolute Gasteiger partial charge is 0.295 e. The Labute approximate surface area is 192 Å². The molecule has 170 valence electrons. The largest absolute Gasteiger partial charge is 0.507 e. The number of halogens is 1. The number of ketones is 1. The zero-order chi connectivity index (χ0) is 23.4. The summed E-state index contributed by atoms with van der Waals surface area (Å²) in [4.78, 5) is 29.5. The molecule has 0 aromatic heterocycles. The first-order chi connectivity index (χ1) is 15.2. The minimum Gasteiger partial charge on any atom is -0.507 e. The highest BCUT2D eigenvalue weighted by molar-refractivity contribution is 6.46. The second kappa shape index (κ2) is 10.1. The van der Waals surface area contributed by atoms with Crippen LogP contribution in [0.15, 0.2) is 48.0 Å². The van der Waals surface area contributed by atoms with Crippen LogP contribution < -0.4 is 4.74 Å². The van der Waals surface area contributed by atoms with E-state index in [1.807, 2.05) is 25.9 Å². The molecule has 1 aliphatic heterocycles. The van der Waals surface area contributed by atoms with E-state index >= 15 is 0 Å². The number of aromatic hydroxyl groups is 1. The third kappa shape index (κ3) is 4.89. The van der Waals surface area contributed by atoms with E-state index in [-0.39, 0.29) is 21.9 Å². The van der Waals surface area contributed by atoms with Gasteiger partial charge in [-0.15, -0.1) is 0 Å². The molecule has 1 atom stereocenters. The Morgan fingerprint density at radius 2 is 1.94 bits per heavy atom. The zero-order valence-electron chi connectivity index (χ0n) is 18.3. The van der Waals surface area contributed by atoms with Crippen molar-refractivity contribution in [3.63, 3.8) is 0 Å². The molecule has 1 amide bonds. The van der Waals surface area contributed by atoms with Gasteiger partial charge in [-0.3, -0.25) is 9.59 Å². The van der Waals surface area contributed by atoms with Crippen LogP contribution in [0.1, 0.15) is 30.5 Å². The summed E-state index contributed by atoms with van der Waals surface area (Å²) in [6, 6.07) is 10.4. The molecule has 3 rings (SSSR count). The highest BCUT2D eigenvalue weighted by atomic mass is 35.5. The van der Waals surface area contributed by atoms with Crippen molar-refractivity contribution in [3.8, 4) is 11.5 Å². The van der Waals surface area contributed by atoms with Crippen LogP contribution in [-0.2, 0) is 9.59 Å². The fraction of sp³-hybridized carbons (Fsp3) is 0.333. The molecule has 1 fully saturated rings. The monoisotopic (exact) mass is 458 g/mol. The number of aliphatic hydroxyl groups excluding tert-OH is 1. The van der Waals surface area contributed by atoms with Crippen LogP contribution in [0, 0.1) is 0 Å². The Balaban J connectivity index is 2.15. The maximum Gasteiger partial charge on any atom is 0.295 e. The molecule has 8 heteroatoms. The van der Waals surface area contributed by atoms with Crippen molar-refractivity contribution in [2.75, 3.05) is 33.8 Å². The standard InChI is InChI=1S/C24H27ClN2O5/c1-4-32-17-8-5-7-15(13-17)21-20(22(29)18-14-16(25)9-10-19(18)28)23(30)24(31)27(21)12-6-11-26(2)3/h5,7-10,13-14,21,28-29H,4,6,11-12H2,1-3H3/b22-20+. The highest BCUT2D eigenvalue weighted by Gasteiger charge is 2.46. The van der Waals surface area contributed by atoms with E-state index in [0.29, 0.717) is 30.9 Å². The van der Waals surface area contributed by atoms with Gasteiger partial charge in [-0.05, 0) is 69.9 Å². The van der Waals surface area contributed by atoms with Gasteiger partial charge in [-0.25, -0.2) is 0 Å².